The summed E-state index contributed by atoms with van der Waals surface area (Å²) >= 11 is 5.62. The van der Waals surface area contributed by atoms with Gasteiger partial charge in [-0.1, -0.05) is 0 Å². The van der Waals surface area contributed by atoms with Crippen LogP contribution in [-0.4, -0.2) is 74.8 Å². The molecule has 0 heterocycles. The molecule has 0 aliphatic carbocycles. The van der Waals surface area contributed by atoms with Gasteiger partial charge in [-0.05, 0) is 0 Å². The third-order valence-corrected chi connectivity index (χ3v) is 2.42. The maximum absolute atomic E-state index is 10.9. The predicted octanol–water partition coefficient (Wildman–Crippen LogP) is 0.0126. The molecule has 9 heteroatoms. The number of aliphatic hydroxyl groups is 1. The molecule has 7 nitrogen and oxygen atoms in total. The first-order valence-electron chi connectivity index (χ1n) is 6.28. The number of esters is 2. The van der Waals surface area contributed by atoms with E-state index in [0.29, 0.717) is 44.9 Å². The van der Waals surface area contributed by atoms with Crippen LogP contribution >= 0.6 is 24.0 Å². The summed E-state index contributed by atoms with van der Waals surface area (Å²) in [5.41, 5.74) is 4.78. The van der Waals surface area contributed by atoms with Crippen LogP contribution in [0.4, 0.5) is 0 Å². The second kappa shape index (κ2) is 19.4. The Morgan fingerprint density at radius 3 is 1.71 bits per heavy atom. The van der Waals surface area contributed by atoms with Gasteiger partial charge in [-0.15, -0.1) is 24.0 Å². The minimum Gasteiger partial charge on any atom is -0.469 e. The number of hydrogen-bond acceptors (Lipinski definition) is 7. The van der Waals surface area contributed by atoms with Gasteiger partial charge in [-0.25, -0.2) is 0 Å². The van der Waals surface area contributed by atoms with Crippen molar-refractivity contribution >= 4 is 35.9 Å². The lowest BCUT2D eigenvalue weighted by Crippen LogP contribution is -2.31. The van der Waals surface area contributed by atoms with Crippen molar-refractivity contribution in [2.45, 2.75) is 12.8 Å². The van der Waals surface area contributed by atoms with E-state index in [1.165, 1.54) is 14.2 Å². The van der Waals surface area contributed by atoms with E-state index in [9.17, 15) is 9.59 Å². The molecule has 0 aromatic heterocycles. The van der Waals surface area contributed by atoms with Crippen LogP contribution in [0.5, 0.6) is 0 Å². The van der Waals surface area contributed by atoms with E-state index in [4.69, 9.17) is 22.4 Å². The molecule has 0 rings (SSSR count). The van der Waals surface area contributed by atoms with Crippen molar-refractivity contribution in [1.29, 1.82) is 0 Å². The summed E-state index contributed by atoms with van der Waals surface area (Å²) in [6, 6.07) is 0. The molecule has 21 heavy (non-hydrogen) atoms. The molecule has 0 aromatic rings. The Morgan fingerprint density at radius 1 is 1.10 bits per heavy atom. The number of ether oxygens (including phenoxy) is 2. The highest BCUT2D eigenvalue weighted by Crippen LogP contribution is 1.98. The van der Waals surface area contributed by atoms with E-state index in [2.05, 4.69) is 9.47 Å². The smallest absolute Gasteiger partial charge is 0.306 e. The first kappa shape index (κ1) is 25.4. The Bertz CT molecular complexity index is 236. The number of carbonyl (C=O) groups is 2. The van der Waals surface area contributed by atoms with E-state index < -0.39 is 0 Å². The molecular weight excluding hydrogens is 323 g/mol. The van der Waals surface area contributed by atoms with Crippen molar-refractivity contribution in [3.8, 4) is 0 Å². The van der Waals surface area contributed by atoms with Gasteiger partial charge in [-0.3, -0.25) is 9.59 Å². The Balaban J connectivity index is -0.000000572. The van der Waals surface area contributed by atoms with E-state index in [1.807, 2.05) is 4.90 Å². The quantitative estimate of drug-likeness (QED) is 0.447. The molecule has 0 unspecified atom stereocenters. The van der Waals surface area contributed by atoms with Crippen molar-refractivity contribution in [2.75, 3.05) is 52.9 Å². The lowest BCUT2D eigenvalue weighted by molar-refractivity contribution is -0.141. The molecule has 128 valence electrons. The second-order valence-corrected chi connectivity index (χ2v) is 4.07. The topological polar surface area (TPSA) is 102 Å². The van der Waals surface area contributed by atoms with Crippen molar-refractivity contribution < 1.29 is 24.2 Å². The van der Waals surface area contributed by atoms with Crippen molar-refractivity contribution in [3.63, 3.8) is 0 Å². The van der Waals surface area contributed by atoms with Crippen molar-refractivity contribution in [2.24, 2.45) is 5.73 Å². The van der Waals surface area contributed by atoms with Gasteiger partial charge in [-0.2, -0.15) is 0 Å². The van der Waals surface area contributed by atoms with E-state index in [-0.39, 0.29) is 31.0 Å². The lowest BCUT2D eigenvalue weighted by Gasteiger charge is -2.19. The van der Waals surface area contributed by atoms with Gasteiger partial charge in [0.1, 0.15) is 0 Å². The Labute approximate surface area is 137 Å². The zero-order chi connectivity index (χ0) is 15.8. The van der Waals surface area contributed by atoms with Gasteiger partial charge in [0.25, 0.3) is 0 Å². The molecule has 0 radical (unpaired) electrons. The Morgan fingerprint density at radius 2 is 1.48 bits per heavy atom. The van der Waals surface area contributed by atoms with Crippen molar-refractivity contribution in [3.05, 3.63) is 0 Å². The highest BCUT2D eigenvalue weighted by atomic mass is 35.5. The molecule has 0 saturated heterocycles. The average Bonchev–Trinajstić information content (AvgIpc) is 2.49. The Kier molecular flexibility index (Phi) is 23.4. The van der Waals surface area contributed by atoms with Crippen LogP contribution in [0.1, 0.15) is 12.8 Å². The number of methoxy groups -OCH3 is 2. The number of aliphatic hydroxyl groups excluding tert-OH is 1. The van der Waals surface area contributed by atoms with Gasteiger partial charge in [0.15, 0.2) is 0 Å². The normalized spacial score (nSPS) is 9.24. The molecule has 0 aliphatic heterocycles. The first-order chi connectivity index (χ1) is 9.55. The maximum atomic E-state index is 10.9. The average molecular weight is 349 g/mol. The molecule has 0 amide bonds. The van der Waals surface area contributed by atoms with Gasteiger partial charge < -0.3 is 25.2 Å². The number of nitrogens with zero attached hydrogens (tertiary/aromatic N) is 1. The molecule has 0 atom stereocenters. The lowest BCUT2D eigenvalue weighted by atomic mass is 10.3. The van der Waals surface area contributed by atoms with E-state index in [0.717, 1.165) is 0 Å². The summed E-state index contributed by atoms with van der Waals surface area (Å²) in [5, 5.41) is 7.75. The Hall–Kier alpha value is -0.600. The molecule has 0 fully saturated rings. The van der Waals surface area contributed by atoms with Gasteiger partial charge in [0.05, 0.1) is 33.7 Å². The first-order valence-corrected chi connectivity index (χ1v) is 6.82. The van der Waals surface area contributed by atoms with E-state index in [1.54, 1.807) is 0 Å². The van der Waals surface area contributed by atoms with Gasteiger partial charge in [0, 0.05) is 32.1 Å². The SMILES string of the molecule is COC(=O)CCN(CCCl)CCC(=O)OC.Cl.NCCO. The highest BCUT2D eigenvalue weighted by Gasteiger charge is 2.10. The summed E-state index contributed by atoms with van der Waals surface area (Å²) in [4.78, 5) is 23.8. The summed E-state index contributed by atoms with van der Waals surface area (Å²) < 4.78 is 9.07. The zero-order valence-corrected chi connectivity index (χ0v) is 14.1. The molecular formula is C12H26Cl2N2O5. The number of alkyl halides is 1. The van der Waals surface area contributed by atoms with Crippen LogP contribution in [0.15, 0.2) is 0 Å². The summed E-state index contributed by atoms with van der Waals surface area (Å²) in [6.07, 6.45) is 0.600. The number of hydrogen-bond donors (Lipinski definition) is 2. The second-order valence-electron chi connectivity index (χ2n) is 3.70. The molecule has 3 N–H and O–H groups in total. The predicted molar refractivity (Wildman–Crippen MR) is 83.8 cm³/mol. The molecule has 0 aliphatic rings. The summed E-state index contributed by atoms with van der Waals surface area (Å²) in [6.45, 7) is 2.18. The zero-order valence-electron chi connectivity index (χ0n) is 12.5. The number of halogens is 2. The third-order valence-electron chi connectivity index (χ3n) is 2.25. The number of rotatable bonds is 9. The van der Waals surface area contributed by atoms with Crippen LogP contribution < -0.4 is 5.73 Å². The summed E-state index contributed by atoms with van der Waals surface area (Å²) in [5.74, 6) is -0.0715. The number of nitrogens with two attached hydrogens (primary N) is 1. The van der Waals surface area contributed by atoms with Crippen LogP contribution in [0, 0.1) is 0 Å². The molecule has 0 bridgehead atoms. The number of carbonyl (C=O) groups excluding carboxylic acids is 2. The minimum atomic E-state index is -0.266. The fraction of sp³-hybridized carbons (Fsp3) is 0.833. The van der Waals surface area contributed by atoms with Gasteiger partial charge in [0.2, 0.25) is 0 Å². The molecule has 0 spiro atoms. The fourth-order valence-corrected chi connectivity index (χ4v) is 1.40. The van der Waals surface area contributed by atoms with Crippen LogP contribution in [0.3, 0.4) is 0 Å². The molecule has 0 saturated carbocycles. The van der Waals surface area contributed by atoms with Crippen molar-refractivity contribution in [1.82, 2.24) is 4.90 Å². The maximum Gasteiger partial charge on any atom is 0.306 e. The monoisotopic (exact) mass is 348 g/mol. The summed E-state index contributed by atoms with van der Waals surface area (Å²) in [7, 11) is 2.70. The molecule has 0 aromatic carbocycles. The largest absolute Gasteiger partial charge is 0.469 e. The van der Waals surface area contributed by atoms with Crippen LogP contribution in [-0.2, 0) is 19.1 Å². The van der Waals surface area contributed by atoms with Crippen LogP contribution in [0.25, 0.3) is 0 Å². The third kappa shape index (κ3) is 19.4. The standard InChI is InChI=1S/C10H18ClNO4.C2H7NO.ClH/c1-15-9(13)3-6-12(8-5-11)7-4-10(14)16-2;3-1-2-4;/h3-8H2,1-2H3;4H,1-3H2;1H. The fourth-order valence-electron chi connectivity index (χ4n) is 1.16. The van der Waals surface area contributed by atoms with Crippen LogP contribution in [0.2, 0.25) is 0 Å². The van der Waals surface area contributed by atoms with Gasteiger partial charge >= 0.3 is 11.9 Å². The highest BCUT2D eigenvalue weighted by molar-refractivity contribution is 6.18. The minimum absolute atomic E-state index is 0. The van der Waals surface area contributed by atoms with E-state index >= 15 is 0 Å².